The van der Waals surface area contributed by atoms with Crippen LogP contribution >= 0.6 is 0 Å². The second kappa shape index (κ2) is 6.85. The molecule has 0 spiro atoms. The molecule has 0 saturated carbocycles. The van der Waals surface area contributed by atoms with Crippen molar-refractivity contribution in [1.82, 2.24) is 9.21 Å². The number of para-hydroxylation sites is 1. The summed E-state index contributed by atoms with van der Waals surface area (Å²) in [7, 11) is 2.00. The van der Waals surface area contributed by atoms with Gasteiger partial charge < -0.3 is 10.3 Å². The van der Waals surface area contributed by atoms with E-state index in [0.29, 0.717) is 12.2 Å². The van der Waals surface area contributed by atoms with E-state index in [9.17, 15) is 8.42 Å². The number of nitrogens with zero attached hydrogens (tertiary/aromatic N) is 2. The Kier molecular flexibility index (Phi) is 5.74. The van der Waals surface area contributed by atoms with Crippen molar-refractivity contribution in [3.63, 3.8) is 0 Å². The Balaban J connectivity index is 2.85. The fourth-order valence-electron chi connectivity index (χ4n) is 1.71. The molecular formula is C12H22N4O2S. The van der Waals surface area contributed by atoms with E-state index in [1.54, 1.807) is 31.3 Å². The number of nitrogens with one attached hydrogen (secondary N) is 1. The van der Waals surface area contributed by atoms with E-state index in [4.69, 9.17) is 5.84 Å². The predicted octanol–water partition coefficient (Wildman–Crippen LogP) is 0.544. The van der Waals surface area contributed by atoms with Crippen LogP contribution < -0.4 is 11.3 Å². The Bertz CT molecular complexity index is 502. The fraction of sp³-hybridized carbons (Fsp3) is 0.500. The number of benzene rings is 1. The molecule has 0 aliphatic heterocycles. The number of hydrogen-bond acceptors (Lipinski definition) is 5. The number of nitrogens with two attached hydrogens (primary N) is 1. The molecule has 0 fully saturated rings. The zero-order valence-electron chi connectivity index (χ0n) is 11.6. The van der Waals surface area contributed by atoms with Crippen LogP contribution in [0, 0.1) is 0 Å². The molecule has 0 radical (unpaired) electrons. The molecule has 0 bridgehead atoms. The maximum absolute atomic E-state index is 12.4. The summed E-state index contributed by atoms with van der Waals surface area (Å²) < 4.78 is 26.2. The molecule has 1 rings (SSSR count). The first-order chi connectivity index (χ1) is 8.89. The standard InChI is InChI=1S/C12H22N4O2S/c1-15(2)9-6-10-16(3)19(17,18)12-8-5-4-7-11(12)14-13/h4-5,7-8,14H,6,9-10,13H2,1-3H3. The first-order valence-corrected chi connectivity index (χ1v) is 7.50. The number of hydrazine groups is 1. The Morgan fingerprint density at radius 2 is 1.79 bits per heavy atom. The third kappa shape index (κ3) is 4.17. The molecule has 6 nitrogen and oxygen atoms in total. The second-order valence-corrected chi connectivity index (χ2v) is 6.64. The van der Waals surface area contributed by atoms with Crippen LogP contribution in [0.25, 0.3) is 0 Å². The molecule has 0 heterocycles. The number of rotatable bonds is 7. The average molecular weight is 286 g/mol. The van der Waals surface area contributed by atoms with Crippen LogP contribution in [0.15, 0.2) is 29.2 Å². The number of nitrogen functional groups attached to an aromatic ring is 1. The van der Waals surface area contributed by atoms with Crippen molar-refractivity contribution in [2.75, 3.05) is 39.7 Å². The fourth-order valence-corrected chi connectivity index (χ4v) is 3.07. The molecule has 3 N–H and O–H groups in total. The van der Waals surface area contributed by atoms with Gasteiger partial charge in [0.15, 0.2) is 0 Å². The molecule has 0 saturated heterocycles. The Morgan fingerprint density at radius 1 is 1.16 bits per heavy atom. The molecule has 0 aliphatic rings. The van der Waals surface area contributed by atoms with Crippen LogP contribution in [0.2, 0.25) is 0 Å². The lowest BCUT2D eigenvalue weighted by Crippen LogP contribution is -2.30. The van der Waals surface area contributed by atoms with E-state index >= 15 is 0 Å². The molecule has 0 atom stereocenters. The highest BCUT2D eigenvalue weighted by atomic mass is 32.2. The van der Waals surface area contributed by atoms with Crippen LogP contribution in [0.3, 0.4) is 0 Å². The van der Waals surface area contributed by atoms with Crippen molar-refractivity contribution < 1.29 is 8.42 Å². The molecule has 0 unspecified atom stereocenters. The van der Waals surface area contributed by atoms with Crippen LogP contribution in [0.1, 0.15) is 6.42 Å². The maximum Gasteiger partial charge on any atom is 0.244 e. The number of anilines is 1. The first-order valence-electron chi connectivity index (χ1n) is 6.06. The molecule has 1 aromatic rings. The SMILES string of the molecule is CN(C)CCCN(C)S(=O)(=O)c1ccccc1NN. The molecule has 108 valence electrons. The zero-order chi connectivity index (χ0) is 14.5. The van der Waals surface area contributed by atoms with Crippen LogP contribution in [0.4, 0.5) is 5.69 Å². The minimum atomic E-state index is -3.51. The van der Waals surface area contributed by atoms with Gasteiger partial charge >= 0.3 is 0 Å². The van der Waals surface area contributed by atoms with Crippen LogP contribution in [-0.4, -0.2) is 51.9 Å². The Morgan fingerprint density at radius 3 is 2.37 bits per heavy atom. The molecular weight excluding hydrogens is 264 g/mol. The summed E-state index contributed by atoms with van der Waals surface area (Å²) in [6, 6.07) is 6.61. The van der Waals surface area contributed by atoms with Gasteiger partial charge in [0.1, 0.15) is 4.90 Å². The van der Waals surface area contributed by atoms with Crippen molar-refractivity contribution >= 4 is 15.7 Å². The van der Waals surface area contributed by atoms with Gasteiger partial charge in [-0.3, -0.25) is 5.84 Å². The topological polar surface area (TPSA) is 78.7 Å². The monoisotopic (exact) mass is 286 g/mol. The molecule has 1 aromatic carbocycles. The van der Waals surface area contributed by atoms with E-state index in [-0.39, 0.29) is 4.90 Å². The summed E-state index contributed by atoms with van der Waals surface area (Å²) in [5, 5.41) is 0. The maximum atomic E-state index is 12.4. The normalized spacial score (nSPS) is 12.1. The molecule has 7 heteroatoms. The van der Waals surface area contributed by atoms with Crippen molar-refractivity contribution in [2.24, 2.45) is 5.84 Å². The van der Waals surface area contributed by atoms with E-state index in [1.165, 1.54) is 4.31 Å². The smallest absolute Gasteiger partial charge is 0.244 e. The van der Waals surface area contributed by atoms with Gasteiger partial charge in [-0.2, -0.15) is 0 Å². The second-order valence-electron chi connectivity index (χ2n) is 4.62. The minimum absolute atomic E-state index is 0.199. The first kappa shape index (κ1) is 15.9. The summed E-state index contributed by atoms with van der Waals surface area (Å²) in [6.45, 7) is 1.32. The van der Waals surface area contributed by atoms with Crippen molar-refractivity contribution in [2.45, 2.75) is 11.3 Å². The predicted molar refractivity (Wildman–Crippen MR) is 77.2 cm³/mol. The van der Waals surface area contributed by atoms with Gasteiger partial charge in [-0.15, -0.1) is 0 Å². The number of hydrogen-bond donors (Lipinski definition) is 2. The molecule has 0 amide bonds. The lowest BCUT2D eigenvalue weighted by atomic mass is 10.3. The van der Waals surface area contributed by atoms with Gasteiger partial charge in [0.2, 0.25) is 10.0 Å². The zero-order valence-corrected chi connectivity index (χ0v) is 12.4. The minimum Gasteiger partial charge on any atom is -0.323 e. The third-order valence-electron chi connectivity index (χ3n) is 2.81. The van der Waals surface area contributed by atoms with E-state index < -0.39 is 10.0 Å². The van der Waals surface area contributed by atoms with E-state index in [2.05, 4.69) is 5.43 Å². The highest BCUT2D eigenvalue weighted by molar-refractivity contribution is 7.89. The summed E-state index contributed by atoms with van der Waals surface area (Å²) in [5.41, 5.74) is 2.82. The van der Waals surface area contributed by atoms with Crippen LogP contribution in [-0.2, 0) is 10.0 Å². The van der Waals surface area contributed by atoms with Gasteiger partial charge in [-0.05, 0) is 39.2 Å². The van der Waals surface area contributed by atoms with Crippen molar-refractivity contribution in [1.29, 1.82) is 0 Å². The van der Waals surface area contributed by atoms with Gasteiger partial charge in [0.25, 0.3) is 0 Å². The third-order valence-corrected chi connectivity index (χ3v) is 4.72. The van der Waals surface area contributed by atoms with Gasteiger partial charge in [-0.25, -0.2) is 12.7 Å². The molecule has 0 aliphatic carbocycles. The summed E-state index contributed by atoms with van der Waals surface area (Å²) >= 11 is 0. The molecule has 0 aromatic heterocycles. The van der Waals surface area contributed by atoms with Crippen molar-refractivity contribution in [3.8, 4) is 0 Å². The Hall–Kier alpha value is -1.15. The van der Waals surface area contributed by atoms with Gasteiger partial charge in [-0.1, -0.05) is 12.1 Å². The van der Waals surface area contributed by atoms with Gasteiger partial charge in [0.05, 0.1) is 5.69 Å². The van der Waals surface area contributed by atoms with Gasteiger partial charge in [0, 0.05) is 13.6 Å². The lowest BCUT2D eigenvalue weighted by Gasteiger charge is -2.20. The van der Waals surface area contributed by atoms with E-state index in [0.717, 1.165) is 13.0 Å². The summed E-state index contributed by atoms with van der Waals surface area (Å²) in [5.74, 6) is 5.35. The highest BCUT2D eigenvalue weighted by Gasteiger charge is 2.23. The summed E-state index contributed by atoms with van der Waals surface area (Å²) in [4.78, 5) is 2.22. The number of sulfonamides is 1. The largest absolute Gasteiger partial charge is 0.323 e. The average Bonchev–Trinajstić information content (AvgIpc) is 2.38. The van der Waals surface area contributed by atoms with Crippen molar-refractivity contribution in [3.05, 3.63) is 24.3 Å². The quantitative estimate of drug-likeness (QED) is 0.565. The molecule has 19 heavy (non-hydrogen) atoms. The highest BCUT2D eigenvalue weighted by Crippen LogP contribution is 2.22. The van der Waals surface area contributed by atoms with E-state index in [1.807, 2.05) is 19.0 Å². The summed E-state index contributed by atoms with van der Waals surface area (Å²) in [6.07, 6.45) is 0.779. The van der Waals surface area contributed by atoms with Crippen LogP contribution in [0.5, 0.6) is 0 Å². The lowest BCUT2D eigenvalue weighted by molar-refractivity contribution is 0.370. The Labute approximate surface area is 115 Å².